The van der Waals surface area contributed by atoms with Gasteiger partial charge in [-0.25, -0.2) is 0 Å². The van der Waals surface area contributed by atoms with Gasteiger partial charge in [-0.15, -0.1) is 16.8 Å². The summed E-state index contributed by atoms with van der Waals surface area (Å²) in [5.74, 6) is -0.125. The molecule has 0 spiro atoms. The molecule has 0 bridgehead atoms. The second-order valence-electron chi connectivity index (χ2n) is 3.28. The summed E-state index contributed by atoms with van der Waals surface area (Å²) in [6.45, 7) is 3.86. The van der Waals surface area contributed by atoms with E-state index in [4.69, 9.17) is 4.42 Å². The van der Waals surface area contributed by atoms with E-state index >= 15 is 0 Å². The van der Waals surface area contributed by atoms with E-state index < -0.39 is 5.91 Å². The highest BCUT2D eigenvalue weighted by Crippen LogP contribution is 2.16. The topological polar surface area (TPSA) is 68.0 Å². The zero-order chi connectivity index (χ0) is 12.1. The van der Waals surface area contributed by atoms with Crippen molar-refractivity contribution in [3.05, 3.63) is 48.9 Å². The summed E-state index contributed by atoms with van der Waals surface area (Å²) < 4.78 is 5.26. The van der Waals surface area contributed by atoms with Crippen LogP contribution >= 0.6 is 0 Å². The SMILES string of the molecule is C=CCNC(=O)c1nnc(-c2ccccc2)o1. The third-order valence-electron chi connectivity index (χ3n) is 2.05. The van der Waals surface area contributed by atoms with Crippen molar-refractivity contribution in [2.24, 2.45) is 0 Å². The summed E-state index contributed by atoms with van der Waals surface area (Å²) in [4.78, 5) is 11.5. The minimum Gasteiger partial charge on any atom is -0.412 e. The van der Waals surface area contributed by atoms with Crippen LogP contribution in [0, 0.1) is 0 Å². The van der Waals surface area contributed by atoms with Gasteiger partial charge in [0.2, 0.25) is 5.89 Å². The molecule has 0 saturated carbocycles. The van der Waals surface area contributed by atoms with Crippen molar-refractivity contribution in [2.75, 3.05) is 6.54 Å². The third kappa shape index (κ3) is 2.57. The maximum Gasteiger partial charge on any atom is 0.309 e. The van der Waals surface area contributed by atoms with Gasteiger partial charge in [0.25, 0.3) is 0 Å². The van der Waals surface area contributed by atoms with E-state index in [9.17, 15) is 4.79 Å². The van der Waals surface area contributed by atoms with Gasteiger partial charge in [0.15, 0.2) is 0 Å². The van der Waals surface area contributed by atoms with Crippen molar-refractivity contribution in [3.63, 3.8) is 0 Å². The molecule has 1 aromatic carbocycles. The normalized spacial score (nSPS) is 9.88. The summed E-state index contributed by atoms with van der Waals surface area (Å²) in [5, 5.41) is 10.1. The highest BCUT2D eigenvalue weighted by atomic mass is 16.4. The second-order valence-corrected chi connectivity index (χ2v) is 3.28. The van der Waals surface area contributed by atoms with Crippen LogP contribution in [-0.4, -0.2) is 22.6 Å². The molecule has 0 radical (unpaired) electrons. The van der Waals surface area contributed by atoms with Crippen molar-refractivity contribution in [2.45, 2.75) is 0 Å². The van der Waals surface area contributed by atoms with Crippen LogP contribution < -0.4 is 5.32 Å². The molecule has 0 aliphatic heterocycles. The fourth-order valence-corrected chi connectivity index (χ4v) is 1.25. The molecular formula is C12H11N3O2. The molecule has 1 N–H and O–H groups in total. The molecular weight excluding hydrogens is 218 g/mol. The van der Waals surface area contributed by atoms with E-state index in [0.717, 1.165) is 5.56 Å². The molecule has 17 heavy (non-hydrogen) atoms. The number of carbonyl (C=O) groups excluding carboxylic acids is 1. The average molecular weight is 229 g/mol. The molecule has 5 heteroatoms. The Morgan fingerprint density at radius 3 is 2.82 bits per heavy atom. The zero-order valence-electron chi connectivity index (χ0n) is 9.09. The van der Waals surface area contributed by atoms with Gasteiger partial charge in [-0.05, 0) is 12.1 Å². The maximum absolute atomic E-state index is 11.5. The highest BCUT2D eigenvalue weighted by Gasteiger charge is 2.14. The fourth-order valence-electron chi connectivity index (χ4n) is 1.25. The number of nitrogens with zero attached hydrogens (tertiary/aromatic N) is 2. The van der Waals surface area contributed by atoms with Crippen LogP contribution in [0.1, 0.15) is 10.7 Å². The summed E-state index contributed by atoms with van der Waals surface area (Å²) in [5.41, 5.74) is 0.780. The van der Waals surface area contributed by atoms with Crippen LogP contribution in [-0.2, 0) is 0 Å². The Hall–Kier alpha value is -2.43. The Morgan fingerprint density at radius 2 is 2.12 bits per heavy atom. The molecule has 1 amide bonds. The van der Waals surface area contributed by atoms with Crippen LogP contribution in [0.2, 0.25) is 0 Å². The molecule has 0 aliphatic rings. The molecule has 0 aliphatic carbocycles. The molecule has 0 atom stereocenters. The number of hydrogen-bond acceptors (Lipinski definition) is 4. The Balaban J connectivity index is 2.16. The number of rotatable bonds is 4. The number of nitrogens with one attached hydrogen (secondary N) is 1. The van der Waals surface area contributed by atoms with E-state index in [0.29, 0.717) is 12.4 Å². The third-order valence-corrected chi connectivity index (χ3v) is 2.05. The van der Waals surface area contributed by atoms with Gasteiger partial charge in [-0.2, -0.15) is 0 Å². The predicted octanol–water partition coefficient (Wildman–Crippen LogP) is 1.65. The lowest BCUT2D eigenvalue weighted by atomic mass is 10.2. The summed E-state index contributed by atoms with van der Waals surface area (Å²) in [7, 11) is 0. The van der Waals surface area contributed by atoms with Crippen molar-refractivity contribution in [1.82, 2.24) is 15.5 Å². The maximum atomic E-state index is 11.5. The fraction of sp³-hybridized carbons (Fsp3) is 0.0833. The molecule has 1 heterocycles. The van der Waals surface area contributed by atoms with E-state index in [1.807, 2.05) is 30.3 Å². The van der Waals surface area contributed by atoms with E-state index in [2.05, 4.69) is 22.1 Å². The zero-order valence-corrected chi connectivity index (χ0v) is 9.09. The Morgan fingerprint density at radius 1 is 1.35 bits per heavy atom. The molecule has 2 aromatic rings. The first-order chi connectivity index (χ1) is 8.31. The predicted molar refractivity (Wildman–Crippen MR) is 62.3 cm³/mol. The van der Waals surface area contributed by atoms with E-state index in [-0.39, 0.29) is 5.89 Å². The van der Waals surface area contributed by atoms with Gasteiger partial charge in [-0.1, -0.05) is 24.3 Å². The van der Waals surface area contributed by atoms with Gasteiger partial charge < -0.3 is 9.73 Å². The van der Waals surface area contributed by atoms with Crippen molar-refractivity contribution < 1.29 is 9.21 Å². The number of carbonyl (C=O) groups is 1. The summed E-state index contributed by atoms with van der Waals surface area (Å²) in [6.07, 6.45) is 1.58. The monoisotopic (exact) mass is 229 g/mol. The van der Waals surface area contributed by atoms with Crippen LogP contribution in [0.25, 0.3) is 11.5 Å². The van der Waals surface area contributed by atoms with Crippen LogP contribution in [0.4, 0.5) is 0 Å². The van der Waals surface area contributed by atoms with Gasteiger partial charge in [0, 0.05) is 12.1 Å². The largest absolute Gasteiger partial charge is 0.412 e. The minimum atomic E-state index is -0.403. The quantitative estimate of drug-likeness (QED) is 0.809. The Kier molecular flexibility index (Phi) is 3.30. The molecule has 0 fully saturated rings. The molecule has 5 nitrogen and oxygen atoms in total. The first-order valence-electron chi connectivity index (χ1n) is 5.09. The number of amides is 1. The Bertz CT molecular complexity index is 520. The lowest BCUT2D eigenvalue weighted by molar-refractivity contribution is 0.0924. The van der Waals surface area contributed by atoms with Gasteiger partial charge in [-0.3, -0.25) is 4.79 Å². The lowest BCUT2D eigenvalue weighted by Gasteiger charge is -1.95. The number of hydrogen-bond donors (Lipinski definition) is 1. The smallest absolute Gasteiger partial charge is 0.309 e. The molecule has 0 saturated heterocycles. The van der Waals surface area contributed by atoms with Crippen molar-refractivity contribution in [3.8, 4) is 11.5 Å². The molecule has 0 unspecified atom stereocenters. The lowest BCUT2D eigenvalue weighted by Crippen LogP contribution is -2.23. The van der Waals surface area contributed by atoms with Crippen LogP contribution in [0.5, 0.6) is 0 Å². The minimum absolute atomic E-state index is 0.0503. The summed E-state index contributed by atoms with van der Waals surface area (Å²) >= 11 is 0. The van der Waals surface area contributed by atoms with Gasteiger partial charge in [0.1, 0.15) is 0 Å². The Labute approximate surface area is 98.2 Å². The second kappa shape index (κ2) is 5.07. The standard InChI is InChI=1S/C12H11N3O2/c1-2-8-13-10(16)12-15-14-11(17-12)9-6-4-3-5-7-9/h2-7H,1,8H2,(H,13,16). The first-order valence-corrected chi connectivity index (χ1v) is 5.09. The van der Waals surface area contributed by atoms with E-state index in [1.54, 1.807) is 6.08 Å². The average Bonchev–Trinajstić information content (AvgIpc) is 2.86. The van der Waals surface area contributed by atoms with Crippen molar-refractivity contribution in [1.29, 1.82) is 0 Å². The van der Waals surface area contributed by atoms with Crippen LogP contribution in [0.3, 0.4) is 0 Å². The van der Waals surface area contributed by atoms with Crippen LogP contribution in [0.15, 0.2) is 47.4 Å². The molecule has 86 valence electrons. The van der Waals surface area contributed by atoms with E-state index in [1.165, 1.54) is 0 Å². The van der Waals surface area contributed by atoms with Crippen molar-refractivity contribution >= 4 is 5.91 Å². The first kappa shape index (κ1) is 11.1. The number of aromatic nitrogens is 2. The highest BCUT2D eigenvalue weighted by molar-refractivity contribution is 5.89. The van der Waals surface area contributed by atoms with Gasteiger partial charge in [0.05, 0.1) is 0 Å². The van der Waals surface area contributed by atoms with Gasteiger partial charge >= 0.3 is 11.8 Å². The molecule has 1 aromatic heterocycles. The molecule has 2 rings (SSSR count). The summed E-state index contributed by atoms with van der Waals surface area (Å²) in [6, 6.07) is 9.27. The number of benzene rings is 1.